The zero-order valence-electron chi connectivity index (χ0n) is 16.2. The molecule has 0 atom stereocenters. The van der Waals surface area contributed by atoms with Crippen molar-refractivity contribution in [3.63, 3.8) is 0 Å². The maximum atomic E-state index is 13.0. The Bertz CT molecular complexity index is 1150. The van der Waals surface area contributed by atoms with Gasteiger partial charge in [-0.05, 0) is 30.7 Å². The molecule has 0 spiro atoms. The number of carbonyl (C=O) groups excluding carboxylic acids is 2. The Morgan fingerprint density at radius 3 is 2.70 bits per heavy atom. The quantitative estimate of drug-likeness (QED) is 0.729. The van der Waals surface area contributed by atoms with Crippen LogP contribution in [0, 0.1) is 6.92 Å². The lowest BCUT2D eigenvalue weighted by Crippen LogP contribution is -2.35. The molecule has 2 amide bonds. The normalized spacial score (nSPS) is 14.7. The number of benzene rings is 2. The predicted octanol–water partition coefficient (Wildman–Crippen LogP) is 1.31. The number of nitrogens with one attached hydrogen (secondary N) is 2. The molecule has 30 heavy (non-hydrogen) atoms. The van der Waals surface area contributed by atoms with Gasteiger partial charge < -0.3 is 24.8 Å². The van der Waals surface area contributed by atoms with Crippen LogP contribution < -0.4 is 24.8 Å². The minimum Gasteiger partial charge on any atom is -0.482 e. The standard InChI is InChI=1S/C19H19N3O7S/c1-11-5-13-15(27-9-19(24)21-13)7-17(11)30(25,26)22(2)8-18(23)20-12-3-4-14-16(6-12)29-10-28-14/h3-7H,8-10H2,1-2H3,(H,20,23)(H,21,24). The SMILES string of the molecule is Cc1cc2c(cc1S(=O)(=O)N(C)CC(=O)Nc1ccc3c(c1)OCO3)OCC(=O)N2. The molecule has 0 aromatic heterocycles. The predicted molar refractivity (Wildman–Crippen MR) is 106 cm³/mol. The van der Waals surface area contributed by atoms with E-state index >= 15 is 0 Å². The molecule has 158 valence electrons. The molecule has 4 rings (SSSR count). The first-order valence-electron chi connectivity index (χ1n) is 8.97. The summed E-state index contributed by atoms with van der Waals surface area (Å²) in [5, 5.41) is 5.27. The van der Waals surface area contributed by atoms with Crippen LogP contribution in [0.3, 0.4) is 0 Å². The molecule has 2 heterocycles. The highest BCUT2D eigenvalue weighted by molar-refractivity contribution is 7.89. The number of carbonyl (C=O) groups is 2. The summed E-state index contributed by atoms with van der Waals surface area (Å²) < 4.78 is 42.8. The van der Waals surface area contributed by atoms with Crippen LogP contribution in [0.5, 0.6) is 17.2 Å². The van der Waals surface area contributed by atoms with Gasteiger partial charge in [0.05, 0.1) is 17.1 Å². The molecule has 0 saturated heterocycles. The van der Waals surface area contributed by atoms with Crippen molar-refractivity contribution >= 4 is 33.2 Å². The molecule has 10 nitrogen and oxygen atoms in total. The molecule has 11 heteroatoms. The lowest BCUT2D eigenvalue weighted by atomic mass is 10.2. The van der Waals surface area contributed by atoms with Gasteiger partial charge in [-0.15, -0.1) is 0 Å². The molecule has 0 aliphatic carbocycles. The van der Waals surface area contributed by atoms with Crippen LogP contribution in [-0.4, -0.2) is 51.5 Å². The molecule has 2 aromatic carbocycles. The molecule has 2 aliphatic rings. The second-order valence-electron chi connectivity index (χ2n) is 6.83. The Morgan fingerprint density at radius 1 is 1.13 bits per heavy atom. The van der Waals surface area contributed by atoms with E-state index in [2.05, 4.69) is 10.6 Å². The molecular weight excluding hydrogens is 414 g/mol. The fourth-order valence-corrected chi connectivity index (χ4v) is 4.47. The van der Waals surface area contributed by atoms with E-state index in [1.807, 2.05) is 0 Å². The average molecular weight is 433 g/mol. The number of fused-ring (bicyclic) bond motifs is 2. The summed E-state index contributed by atoms with van der Waals surface area (Å²) in [6.07, 6.45) is 0. The molecule has 0 fully saturated rings. The summed E-state index contributed by atoms with van der Waals surface area (Å²) in [5.74, 6) is 0.519. The van der Waals surface area contributed by atoms with Gasteiger partial charge in [-0.1, -0.05) is 0 Å². The smallest absolute Gasteiger partial charge is 0.262 e. The Kier molecular flexibility index (Phi) is 5.00. The molecule has 2 N–H and O–H groups in total. The zero-order valence-corrected chi connectivity index (χ0v) is 17.0. The Labute approximate surface area is 172 Å². The summed E-state index contributed by atoms with van der Waals surface area (Å²) in [6.45, 7) is 1.13. The monoisotopic (exact) mass is 433 g/mol. The van der Waals surface area contributed by atoms with Gasteiger partial charge in [0.2, 0.25) is 22.7 Å². The molecule has 0 saturated carbocycles. The number of hydrogen-bond donors (Lipinski definition) is 2. The minimum atomic E-state index is -3.98. The maximum Gasteiger partial charge on any atom is 0.262 e. The lowest BCUT2D eigenvalue weighted by Gasteiger charge is -2.22. The first kappa shape index (κ1) is 20.0. The Morgan fingerprint density at radius 2 is 1.90 bits per heavy atom. The number of rotatable bonds is 5. The fraction of sp³-hybridized carbons (Fsp3) is 0.263. The van der Waals surface area contributed by atoms with Crippen LogP contribution in [0.4, 0.5) is 11.4 Å². The Balaban J connectivity index is 1.49. The van der Waals surface area contributed by atoms with Crippen LogP contribution >= 0.6 is 0 Å². The largest absolute Gasteiger partial charge is 0.482 e. The molecule has 0 unspecified atom stereocenters. The summed E-state index contributed by atoms with van der Waals surface area (Å²) in [4.78, 5) is 23.8. The summed E-state index contributed by atoms with van der Waals surface area (Å²) in [7, 11) is -2.66. The first-order chi connectivity index (χ1) is 14.2. The summed E-state index contributed by atoms with van der Waals surface area (Å²) >= 11 is 0. The van der Waals surface area contributed by atoms with E-state index in [4.69, 9.17) is 14.2 Å². The molecular formula is C19H19N3O7S. The molecule has 2 aromatic rings. The van der Waals surface area contributed by atoms with Gasteiger partial charge in [0, 0.05) is 24.9 Å². The number of aryl methyl sites for hydroxylation is 1. The second-order valence-corrected chi connectivity index (χ2v) is 8.84. The summed E-state index contributed by atoms with van der Waals surface area (Å²) in [6, 6.07) is 7.78. The number of anilines is 2. The molecule has 0 bridgehead atoms. The lowest BCUT2D eigenvalue weighted by molar-refractivity contribution is -0.118. The van der Waals surface area contributed by atoms with Crippen molar-refractivity contribution in [2.75, 3.05) is 37.6 Å². The highest BCUT2D eigenvalue weighted by Crippen LogP contribution is 2.35. The number of amides is 2. The number of likely N-dealkylation sites (N-methyl/N-ethyl adjacent to an activating group) is 1. The highest BCUT2D eigenvalue weighted by atomic mass is 32.2. The van der Waals surface area contributed by atoms with E-state index in [1.165, 1.54) is 19.2 Å². The van der Waals surface area contributed by atoms with Gasteiger partial charge in [0.15, 0.2) is 18.1 Å². The third-order valence-corrected chi connectivity index (χ3v) is 6.57. The molecule has 0 radical (unpaired) electrons. The highest BCUT2D eigenvalue weighted by Gasteiger charge is 2.28. The van der Waals surface area contributed by atoms with E-state index < -0.39 is 22.5 Å². The number of ether oxygens (including phenoxy) is 3. The van der Waals surface area contributed by atoms with Gasteiger partial charge in [-0.2, -0.15) is 4.31 Å². The minimum absolute atomic E-state index is 0.00391. The first-order valence-corrected chi connectivity index (χ1v) is 10.4. The zero-order chi connectivity index (χ0) is 21.5. The van der Waals surface area contributed by atoms with Crippen LogP contribution in [0.1, 0.15) is 5.56 Å². The van der Waals surface area contributed by atoms with E-state index in [-0.39, 0.29) is 30.0 Å². The van der Waals surface area contributed by atoms with Crippen LogP contribution in [0.15, 0.2) is 35.2 Å². The molecule has 2 aliphatic heterocycles. The number of hydrogen-bond acceptors (Lipinski definition) is 7. The van der Waals surface area contributed by atoms with E-state index in [0.29, 0.717) is 28.4 Å². The Hall–Kier alpha value is -3.31. The van der Waals surface area contributed by atoms with E-state index in [1.54, 1.807) is 25.1 Å². The number of nitrogens with zero attached hydrogens (tertiary/aromatic N) is 1. The topological polar surface area (TPSA) is 123 Å². The van der Waals surface area contributed by atoms with Gasteiger partial charge in [-0.3, -0.25) is 9.59 Å². The van der Waals surface area contributed by atoms with Gasteiger partial charge in [0.25, 0.3) is 5.91 Å². The van der Waals surface area contributed by atoms with Crippen molar-refractivity contribution in [3.05, 3.63) is 35.9 Å². The average Bonchev–Trinajstić information content (AvgIpc) is 3.14. The van der Waals surface area contributed by atoms with Crippen LogP contribution in [0.25, 0.3) is 0 Å². The van der Waals surface area contributed by atoms with Crippen molar-refractivity contribution < 1.29 is 32.2 Å². The third-order valence-electron chi connectivity index (χ3n) is 4.62. The third kappa shape index (κ3) is 3.76. The number of sulfonamides is 1. The van der Waals surface area contributed by atoms with Crippen molar-refractivity contribution in [3.8, 4) is 17.2 Å². The van der Waals surface area contributed by atoms with Crippen molar-refractivity contribution in [1.82, 2.24) is 4.31 Å². The summed E-state index contributed by atoms with van der Waals surface area (Å²) in [5.41, 5.74) is 1.29. The maximum absolute atomic E-state index is 13.0. The van der Waals surface area contributed by atoms with Crippen LogP contribution in [0.2, 0.25) is 0 Å². The van der Waals surface area contributed by atoms with Gasteiger partial charge in [-0.25, -0.2) is 8.42 Å². The van der Waals surface area contributed by atoms with Crippen molar-refractivity contribution in [1.29, 1.82) is 0 Å². The van der Waals surface area contributed by atoms with Crippen molar-refractivity contribution in [2.24, 2.45) is 0 Å². The van der Waals surface area contributed by atoms with Crippen LogP contribution in [-0.2, 0) is 19.6 Å². The van der Waals surface area contributed by atoms with E-state index in [9.17, 15) is 18.0 Å². The van der Waals surface area contributed by atoms with Crippen molar-refractivity contribution in [2.45, 2.75) is 11.8 Å². The fourth-order valence-electron chi connectivity index (χ4n) is 3.12. The second kappa shape index (κ2) is 7.50. The van der Waals surface area contributed by atoms with Gasteiger partial charge >= 0.3 is 0 Å². The van der Waals surface area contributed by atoms with Gasteiger partial charge in [0.1, 0.15) is 5.75 Å². The van der Waals surface area contributed by atoms with E-state index in [0.717, 1.165) is 4.31 Å².